The number of nitrogens with zero attached hydrogens (tertiary/aromatic N) is 2. The van der Waals surface area contributed by atoms with Crippen molar-refractivity contribution in [3.05, 3.63) is 0 Å². The van der Waals surface area contributed by atoms with Crippen LogP contribution in [0.3, 0.4) is 0 Å². The molecule has 3 atom stereocenters. The molecule has 7 heteroatoms. The molecule has 2 saturated heterocycles. The number of carbonyl (C=O) groups excluding carboxylic acids is 1. The van der Waals surface area contributed by atoms with Gasteiger partial charge in [0.2, 0.25) is 5.91 Å². The number of β-amino-alcohol motifs (C(OH)–C–C–N with tert-alkyl or cyclic N) is 1. The van der Waals surface area contributed by atoms with Crippen LogP contribution in [0.5, 0.6) is 0 Å². The number of hydrogen-bond donors (Lipinski definition) is 2. The highest BCUT2D eigenvalue weighted by Gasteiger charge is 2.65. The standard InChI is InChI=1S/C12H22N2O4Si/c1-12(2,3)19(4,5)14-8-7(15)6-13(11(17)18)9(8)10(14)16/h7-9,15H,6H2,1-5H3,(H,17,18)/t7-,8+,9-/m0/s1. The largest absolute Gasteiger partial charge is 0.465 e. The van der Waals surface area contributed by atoms with Gasteiger partial charge in [0.25, 0.3) is 0 Å². The van der Waals surface area contributed by atoms with E-state index in [1.165, 1.54) is 0 Å². The third-order valence-corrected chi connectivity index (χ3v) is 10.3. The van der Waals surface area contributed by atoms with Crippen molar-refractivity contribution in [1.82, 2.24) is 9.47 Å². The van der Waals surface area contributed by atoms with Crippen LogP contribution in [0.2, 0.25) is 18.1 Å². The molecule has 2 heterocycles. The van der Waals surface area contributed by atoms with Gasteiger partial charge in [-0.2, -0.15) is 0 Å². The molecule has 108 valence electrons. The van der Waals surface area contributed by atoms with E-state index >= 15 is 0 Å². The minimum absolute atomic E-state index is 0.0238. The highest BCUT2D eigenvalue weighted by Crippen LogP contribution is 2.46. The molecular formula is C12H22N2O4Si. The molecule has 0 bridgehead atoms. The molecule has 2 aliphatic heterocycles. The molecule has 0 unspecified atom stereocenters. The number of carboxylic acid groups (broad SMARTS) is 1. The van der Waals surface area contributed by atoms with Crippen molar-refractivity contribution in [2.45, 2.75) is 57.1 Å². The number of likely N-dealkylation sites (tertiary alicyclic amines) is 1. The maximum atomic E-state index is 12.3. The van der Waals surface area contributed by atoms with Crippen LogP contribution in [0, 0.1) is 0 Å². The summed E-state index contributed by atoms with van der Waals surface area (Å²) in [5.41, 5.74) is 0. The molecule has 2 aliphatic rings. The van der Waals surface area contributed by atoms with Gasteiger partial charge in [-0.05, 0) is 5.04 Å². The van der Waals surface area contributed by atoms with E-state index in [-0.39, 0.29) is 23.5 Å². The van der Waals surface area contributed by atoms with E-state index in [4.69, 9.17) is 5.11 Å². The Morgan fingerprint density at radius 2 is 1.89 bits per heavy atom. The normalized spacial score (nSPS) is 31.3. The van der Waals surface area contributed by atoms with E-state index in [1.54, 1.807) is 4.57 Å². The van der Waals surface area contributed by atoms with Gasteiger partial charge in [0.15, 0.2) is 8.24 Å². The Kier molecular flexibility index (Phi) is 2.98. The maximum Gasteiger partial charge on any atom is 0.408 e. The Balaban J connectivity index is 2.30. The molecule has 2 amide bonds. The third kappa shape index (κ3) is 1.79. The number of hydrogen-bond acceptors (Lipinski definition) is 3. The fourth-order valence-corrected chi connectivity index (χ4v) is 5.29. The minimum atomic E-state index is -2.07. The van der Waals surface area contributed by atoms with Gasteiger partial charge in [-0.1, -0.05) is 33.9 Å². The molecule has 0 aromatic rings. The number of fused-ring (bicyclic) bond motifs is 1. The summed E-state index contributed by atoms with van der Waals surface area (Å²) in [6, 6.07) is -1.04. The average molecular weight is 286 g/mol. The topological polar surface area (TPSA) is 81.1 Å². The van der Waals surface area contributed by atoms with Crippen LogP contribution in [-0.4, -0.2) is 64.6 Å². The molecule has 6 nitrogen and oxygen atoms in total. The molecule has 2 fully saturated rings. The molecule has 2 rings (SSSR count). The van der Waals surface area contributed by atoms with Gasteiger partial charge in [0.05, 0.1) is 18.7 Å². The summed E-state index contributed by atoms with van der Waals surface area (Å²) in [5, 5.41) is 19.1. The first-order valence-electron chi connectivity index (χ1n) is 6.51. The predicted octanol–water partition coefficient (Wildman–Crippen LogP) is 0.925. The summed E-state index contributed by atoms with van der Waals surface area (Å²) >= 11 is 0. The number of amides is 2. The van der Waals surface area contributed by atoms with Crippen molar-refractivity contribution in [2.75, 3.05) is 6.54 Å². The Labute approximate surface area is 114 Å². The Morgan fingerprint density at radius 3 is 2.32 bits per heavy atom. The summed E-state index contributed by atoms with van der Waals surface area (Å²) in [6.45, 7) is 10.5. The van der Waals surface area contributed by atoms with Crippen molar-refractivity contribution in [2.24, 2.45) is 0 Å². The van der Waals surface area contributed by atoms with Gasteiger partial charge in [-0.15, -0.1) is 0 Å². The quantitative estimate of drug-likeness (QED) is 0.555. The lowest BCUT2D eigenvalue weighted by atomic mass is 9.98. The van der Waals surface area contributed by atoms with E-state index in [2.05, 4.69) is 33.9 Å². The smallest absolute Gasteiger partial charge is 0.408 e. The zero-order valence-corrected chi connectivity index (χ0v) is 13.0. The SMILES string of the molecule is CC(C)(C)[Si](C)(C)N1C(=O)[C@@H]2[C@H]1[C@@H](O)CN2C(=O)O. The molecule has 0 aromatic carbocycles. The molecule has 2 N–H and O–H groups in total. The van der Waals surface area contributed by atoms with Crippen LogP contribution in [0.25, 0.3) is 0 Å². The third-order valence-electron chi connectivity index (χ3n) is 4.91. The Morgan fingerprint density at radius 1 is 1.37 bits per heavy atom. The predicted molar refractivity (Wildman–Crippen MR) is 72.4 cm³/mol. The Bertz CT molecular complexity index is 432. The first-order valence-corrected chi connectivity index (χ1v) is 9.45. The second-order valence-electron chi connectivity index (χ2n) is 6.95. The van der Waals surface area contributed by atoms with E-state index in [0.29, 0.717) is 0 Å². The molecule has 0 saturated carbocycles. The lowest BCUT2D eigenvalue weighted by Crippen LogP contribution is -2.77. The molecule has 0 spiro atoms. The minimum Gasteiger partial charge on any atom is -0.465 e. The van der Waals surface area contributed by atoms with Gasteiger partial charge in [0, 0.05) is 0 Å². The van der Waals surface area contributed by atoms with Gasteiger partial charge in [-0.25, -0.2) is 4.79 Å². The van der Waals surface area contributed by atoms with E-state index in [1.807, 2.05) is 0 Å². The van der Waals surface area contributed by atoms with Crippen LogP contribution in [-0.2, 0) is 4.79 Å². The number of aliphatic hydroxyl groups excluding tert-OH is 1. The van der Waals surface area contributed by atoms with Crippen LogP contribution in [0.1, 0.15) is 20.8 Å². The van der Waals surface area contributed by atoms with Gasteiger partial charge >= 0.3 is 6.09 Å². The van der Waals surface area contributed by atoms with Gasteiger partial charge < -0.3 is 14.8 Å². The van der Waals surface area contributed by atoms with E-state index in [0.717, 1.165) is 4.90 Å². The molecule has 0 radical (unpaired) electrons. The average Bonchev–Trinajstić information content (AvgIpc) is 2.49. The highest BCUT2D eigenvalue weighted by molar-refractivity contribution is 6.80. The number of rotatable bonds is 1. The van der Waals surface area contributed by atoms with E-state index < -0.39 is 26.5 Å². The van der Waals surface area contributed by atoms with Crippen molar-refractivity contribution in [3.8, 4) is 0 Å². The molecular weight excluding hydrogens is 264 g/mol. The summed E-state index contributed by atoms with van der Waals surface area (Å²) in [4.78, 5) is 24.5. The second kappa shape index (κ2) is 3.96. The highest BCUT2D eigenvalue weighted by atomic mass is 28.3. The second-order valence-corrected chi connectivity index (χ2v) is 12.1. The monoisotopic (exact) mass is 286 g/mol. The fraction of sp³-hybridized carbons (Fsp3) is 0.833. The first kappa shape index (κ1) is 14.3. The molecule has 19 heavy (non-hydrogen) atoms. The fourth-order valence-electron chi connectivity index (χ4n) is 2.82. The summed E-state index contributed by atoms with van der Waals surface area (Å²) < 4.78 is 1.80. The zero-order chi connectivity index (χ0) is 14.7. The number of β-lactam (4-membered cyclic amide) rings is 1. The summed E-state index contributed by atoms with van der Waals surface area (Å²) in [6.07, 6.45) is -1.90. The lowest BCUT2D eigenvalue weighted by Gasteiger charge is -2.57. The maximum absolute atomic E-state index is 12.3. The van der Waals surface area contributed by atoms with Crippen molar-refractivity contribution in [3.63, 3.8) is 0 Å². The number of aliphatic hydroxyl groups is 1. The molecule has 0 aromatic heterocycles. The Hall–Kier alpha value is -1.08. The summed E-state index contributed by atoms with van der Waals surface area (Å²) in [5.74, 6) is -0.143. The van der Waals surface area contributed by atoms with Gasteiger partial charge in [-0.3, -0.25) is 9.69 Å². The van der Waals surface area contributed by atoms with E-state index in [9.17, 15) is 14.7 Å². The first-order chi connectivity index (χ1) is 8.50. The summed E-state index contributed by atoms with van der Waals surface area (Å²) in [7, 11) is -2.07. The van der Waals surface area contributed by atoms with Crippen molar-refractivity contribution in [1.29, 1.82) is 0 Å². The van der Waals surface area contributed by atoms with Crippen LogP contribution >= 0.6 is 0 Å². The van der Waals surface area contributed by atoms with Crippen LogP contribution in [0.4, 0.5) is 4.79 Å². The van der Waals surface area contributed by atoms with Crippen LogP contribution in [0.15, 0.2) is 0 Å². The van der Waals surface area contributed by atoms with Crippen molar-refractivity contribution < 1.29 is 19.8 Å². The van der Waals surface area contributed by atoms with Crippen LogP contribution < -0.4 is 0 Å². The molecule has 0 aliphatic carbocycles. The zero-order valence-electron chi connectivity index (χ0n) is 12.0. The number of carbonyl (C=O) groups is 2. The van der Waals surface area contributed by atoms with Gasteiger partial charge in [0.1, 0.15) is 6.04 Å². The lowest BCUT2D eigenvalue weighted by molar-refractivity contribution is -0.147. The van der Waals surface area contributed by atoms with Crippen molar-refractivity contribution >= 4 is 20.2 Å².